The first kappa shape index (κ1) is 23.1. The molecule has 1 fully saturated rings. The SMILES string of the molecule is CN(C)c1ccc(/C=N\Nc2nc3c(=O)[nH]c(N)nc3n2[C@@H]2O[C@H](CO)[C@@H](O)[C@H]2O)cc1Br. The molecule has 1 aliphatic rings. The molecule has 14 heteroatoms. The number of aromatic amines is 1. The predicted octanol–water partition coefficient (Wildman–Crippen LogP) is -0.412. The van der Waals surface area contributed by atoms with E-state index in [0.717, 1.165) is 15.7 Å². The summed E-state index contributed by atoms with van der Waals surface area (Å²) < 4.78 is 7.75. The fourth-order valence-corrected chi connectivity index (χ4v) is 4.30. The fraction of sp³-hybridized carbons (Fsp3) is 0.368. The first-order chi connectivity index (χ1) is 15.7. The lowest BCUT2D eigenvalue weighted by Gasteiger charge is -2.18. The molecule has 176 valence electrons. The van der Waals surface area contributed by atoms with Crippen molar-refractivity contribution >= 4 is 50.9 Å². The maximum atomic E-state index is 12.3. The van der Waals surface area contributed by atoms with Crippen molar-refractivity contribution in [2.45, 2.75) is 24.5 Å². The average Bonchev–Trinajstić information content (AvgIpc) is 3.25. The van der Waals surface area contributed by atoms with Crippen LogP contribution in [0.2, 0.25) is 0 Å². The van der Waals surface area contributed by atoms with Gasteiger partial charge in [0.05, 0.1) is 18.5 Å². The van der Waals surface area contributed by atoms with E-state index in [4.69, 9.17) is 10.5 Å². The van der Waals surface area contributed by atoms with Gasteiger partial charge in [0, 0.05) is 18.6 Å². The number of H-pyrrole nitrogens is 1. The maximum absolute atomic E-state index is 12.3. The highest BCUT2D eigenvalue weighted by molar-refractivity contribution is 9.10. The van der Waals surface area contributed by atoms with Crippen LogP contribution in [0.15, 0.2) is 32.6 Å². The predicted molar refractivity (Wildman–Crippen MR) is 125 cm³/mol. The van der Waals surface area contributed by atoms with Gasteiger partial charge in [-0.1, -0.05) is 6.07 Å². The van der Waals surface area contributed by atoms with E-state index in [2.05, 4.69) is 41.4 Å². The Morgan fingerprint density at radius 2 is 2.12 bits per heavy atom. The number of halogens is 1. The van der Waals surface area contributed by atoms with Gasteiger partial charge in [0.15, 0.2) is 17.4 Å². The largest absolute Gasteiger partial charge is 0.394 e. The molecule has 2 aromatic heterocycles. The van der Waals surface area contributed by atoms with Gasteiger partial charge in [0.25, 0.3) is 5.56 Å². The smallest absolute Gasteiger partial charge is 0.280 e. The number of fused-ring (bicyclic) bond motifs is 1. The minimum atomic E-state index is -1.43. The number of hydrogen-bond acceptors (Lipinski definition) is 11. The van der Waals surface area contributed by atoms with Crippen molar-refractivity contribution in [2.24, 2.45) is 5.10 Å². The maximum Gasteiger partial charge on any atom is 0.280 e. The highest BCUT2D eigenvalue weighted by Gasteiger charge is 2.45. The molecule has 1 saturated heterocycles. The second kappa shape index (κ2) is 9.07. The highest BCUT2D eigenvalue weighted by Crippen LogP contribution is 2.34. The first-order valence-electron chi connectivity index (χ1n) is 9.87. The third-order valence-electron chi connectivity index (χ3n) is 5.17. The van der Waals surface area contributed by atoms with E-state index >= 15 is 0 Å². The van der Waals surface area contributed by atoms with Gasteiger partial charge in [-0.2, -0.15) is 10.1 Å². The van der Waals surface area contributed by atoms with Gasteiger partial charge in [-0.15, -0.1) is 0 Å². The molecular weight excluding hydrogens is 500 g/mol. The molecule has 3 heterocycles. The van der Waals surface area contributed by atoms with Gasteiger partial charge < -0.3 is 30.7 Å². The Kier molecular flexibility index (Phi) is 6.36. The minimum Gasteiger partial charge on any atom is -0.394 e. The number of benzene rings is 1. The highest BCUT2D eigenvalue weighted by atomic mass is 79.9. The van der Waals surface area contributed by atoms with Crippen molar-refractivity contribution in [3.8, 4) is 0 Å². The van der Waals surface area contributed by atoms with Crippen LogP contribution in [0, 0.1) is 0 Å². The summed E-state index contributed by atoms with van der Waals surface area (Å²) in [6.45, 7) is -0.518. The van der Waals surface area contributed by atoms with Crippen LogP contribution in [0.5, 0.6) is 0 Å². The molecule has 0 bridgehead atoms. The van der Waals surface area contributed by atoms with Crippen molar-refractivity contribution < 1.29 is 20.1 Å². The molecule has 0 aliphatic carbocycles. The number of ether oxygens (including phenoxy) is 1. The van der Waals surface area contributed by atoms with Crippen LogP contribution in [0.3, 0.4) is 0 Å². The number of hydrogen-bond donors (Lipinski definition) is 6. The monoisotopic (exact) mass is 522 g/mol. The van der Waals surface area contributed by atoms with Gasteiger partial charge in [-0.3, -0.25) is 14.3 Å². The number of nitrogens with two attached hydrogens (primary N) is 1. The molecule has 0 spiro atoms. The molecule has 1 aliphatic heterocycles. The van der Waals surface area contributed by atoms with Gasteiger partial charge in [0.2, 0.25) is 11.9 Å². The zero-order chi connectivity index (χ0) is 23.9. The molecule has 4 rings (SSSR count). The molecule has 0 amide bonds. The zero-order valence-corrected chi connectivity index (χ0v) is 19.3. The molecule has 13 nitrogen and oxygen atoms in total. The standard InChI is InChI=1S/C19H23BrN8O5/c1-27(2)10-4-3-8(5-9(10)20)6-22-26-19-23-12-15(24-18(21)25-16(12)32)28(19)17-14(31)13(30)11(7-29)33-17/h3-6,11,13-14,17,29-31H,7H2,1-2H3,(H,23,26)(H3,21,24,25,32)/b22-6-/t11-,13-,14-,17-/m1/s1. The van der Waals surface area contributed by atoms with E-state index in [-0.39, 0.29) is 23.1 Å². The van der Waals surface area contributed by atoms with Crippen LogP contribution in [-0.2, 0) is 4.74 Å². The lowest BCUT2D eigenvalue weighted by Crippen LogP contribution is -2.33. The van der Waals surface area contributed by atoms with Crippen LogP contribution in [-0.4, -0.2) is 80.1 Å². The van der Waals surface area contributed by atoms with Gasteiger partial charge >= 0.3 is 0 Å². The van der Waals surface area contributed by atoms with Crippen LogP contribution in [0.1, 0.15) is 11.8 Å². The number of aromatic nitrogens is 4. The summed E-state index contributed by atoms with van der Waals surface area (Å²) in [6, 6.07) is 5.67. The van der Waals surface area contributed by atoms with Crippen molar-refractivity contribution in [3.05, 3.63) is 38.6 Å². The van der Waals surface area contributed by atoms with Crippen molar-refractivity contribution in [1.82, 2.24) is 19.5 Å². The number of imidazole rings is 1. The summed E-state index contributed by atoms with van der Waals surface area (Å²) in [7, 11) is 3.86. The van der Waals surface area contributed by atoms with E-state index in [0.29, 0.717) is 0 Å². The molecule has 0 radical (unpaired) electrons. The third-order valence-corrected chi connectivity index (χ3v) is 5.81. The Bertz CT molecular complexity index is 1260. The number of anilines is 3. The molecule has 3 aromatic rings. The second-order valence-electron chi connectivity index (χ2n) is 7.63. The average molecular weight is 523 g/mol. The van der Waals surface area contributed by atoms with E-state index in [9.17, 15) is 20.1 Å². The normalized spacial score (nSPS) is 23.0. The van der Waals surface area contributed by atoms with Gasteiger partial charge in [-0.25, -0.2) is 10.4 Å². The number of aliphatic hydroxyl groups excluding tert-OH is 3. The molecule has 0 saturated carbocycles. The van der Waals surface area contributed by atoms with Crippen molar-refractivity contribution in [2.75, 3.05) is 36.8 Å². The van der Waals surface area contributed by atoms with Crippen LogP contribution in [0.4, 0.5) is 17.6 Å². The van der Waals surface area contributed by atoms with Crippen molar-refractivity contribution in [3.63, 3.8) is 0 Å². The number of aliphatic hydroxyl groups is 3. The molecule has 7 N–H and O–H groups in total. The van der Waals surface area contributed by atoms with Crippen molar-refractivity contribution in [1.29, 1.82) is 0 Å². The Hall–Kier alpha value is -3.04. The fourth-order valence-electron chi connectivity index (χ4n) is 3.54. The van der Waals surface area contributed by atoms with E-state index in [1.165, 1.54) is 10.8 Å². The van der Waals surface area contributed by atoms with Crippen LogP contribution in [0.25, 0.3) is 11.2 Å². The number of hydrazone groups is 1. The van der Waals surface area contributed by atoms with Crippen LogP contribution >= 0.6 is 15.9 Å². The van der Waals surface area contributed by atoms with Gasteiger partial charge in [-0.05, 0) is 33.6 Å². The molecule has 33 heavy (non-hydrogen) atoms. The Morgan fingerprint density at radius 3 is 2.76 bits per heavy atom. The van der Waals surface area contributed by atoms with Gasteiger partial charge in [0.1, 0.15) is 18.3 Å². The lowest BCUT2D eigenvalue weighted by atomic mass is 10.1. The summed E-state index contributed by atoms with van der Waals surface area (Å²) in [5.41, 5.74) is 9.52. The summed E-state index contributed by atoms with van der Waals surface area (Å²) in [5.74, 6) is -0.148. The minimum absolute atomic E-state index is 0.0156. The number of rotatable bonds is 6. The zero-order valence-electron chi connectivity index (χ0n) is 17.7. The Morgan fingerprint density at radius 1 is 1.36 bits per heavy atom. The summed E-state index contributed by atoms with van der Waals surface area (Å²) in [4.78, 5) is 25.0. The van der Waals surface area contributed by atoms with E-state index in [1.54, 1.807) is 0 Å². The number of nitrogens with one attached hydrogen (secondary N) is 2. The quantitative estimate of drug-likeness (QED) is 0.183. The summed E-state index contributed by atoms with van der Waals surface area (Å²) in [6.07, 6.45) is -3.49. The molecular formula is C19H23BrN8O5. The third kappa shape index (κ3) is 4.30. The Balaban J connectivity index is 1.71. The Labute approximate surface area is 195 Å². The molecule has 0 unspecified atom stereocenters. The van der Waals surface area contributed by atoms with Crippen LogP contribution < -0.4 is 21.6 Å². The number of nitrogen functional groups attached to an aromatic ring is 1. The first-order valence-corrected chi connectivity index (χ1v) is 10.7. The second-order valence-corrected chi connectivity index (χ2v) is 8.49. The van der Waals surface area contributed by atoms with E-state index < -0.39 is 36.7 Å². The lowest BCUT2D eigenvalue weighted by molar-refractivity contribution is -0.0501. The number of nitrogens with zero attached hydrogens (tertiary/aromatic N) is 5. The summed E-state index contributed by atoms with van der Waals surface area (Å²) >= 11 is 3.52. The summed E-state index contributed by atoms with van der Waals surface area (Å²) in [5, 5.41) is 34.3. The topological polar surface area (TPSA) is 187 Å². The molecule has 4 atom stereocenters. The van der Waals surface area contributed by atoms with E-state index in [1.807, 2.05) is 37.2 Å². The molecule has 1 aromatic carbocycles.